The summed E-state index contributed by atoms with van der Waals surface area (Å²) in [5.41, 5.74) is 0.0416. The molecule has 1 aromatic rings. The van der Waals surface area contributed by atoms with Gasteiger partial charge in [0, 0.05) is 54.6 Å². The lowest BCUT2D eigenvalue weighted by Gasteiger charge is -2.60. The minimum absolute atomic E-state index is 0.0416. The number of rotatable bonds is 2. The molecule has 0 spiro atoms. The molecule has 3 unspecified atom stereocenters. The van der Waals surface area contributed by atoms with Crippen molar-refractivity contribution in [2.75, 3.05) is 19.7 Å². The number of nitrogens with zero attached hydrogens (tertiary/aromatic N) is 2. The van der Waals surface area contributed by atoms with E-state index < -0.39 is 0 Å². The van der Waals surface area contributed by atoms with Gasteiger partial charge < -0.3 is 15.0 Å². The van der Waals surface area contributed by atoms with Gasteiger partial charge in [-0.3, -0.25) is 0 Å². The average molecular weight is 350 g/mol. The molecule has 5 nitrogen and oxygen atoms in total. The number of hydrogen-bond acceptors (Lipinski definition) is 4. The van der Waals surface area contributed by atoms with Crippen LogP contribution >= 0.6 is 11.3 Å². The number of carbonyl (C=O) groups excluding carboxylic acids is 1. The van der Waals surface area contributed by atoms with Crippen molar-refractivity contribution in [2.45, 2.75) is 57.6 Å². The number of ether oxygens (including phenoxy) is 1. The van der Waals surface area contributed by atoms with Crippen molar-refractivity contribution < 1.29 is 9.53 Å². The Kier molecular flexibility index (Phi) is 4.29. The highest BCUT2D eigenvalue weighted by Crippen LogP contribution is 2.51. The Labute approximate surface area is 147 Å². The third-order valence-electron chi connectivity index (χ3n) is 6.19. The lowest BCUT2D eigenvalue weighted by atomic mass is 9.55. The monoisotopic (exact) mass is 349 g/mol. The van der Waals surface area contributed by atoms with Crippen molar-refractivity contribution in [3.05, 3.63) is 16.6 Å². The van der Waals surface area contributed by atoms with E-state index in [1.807, 2.05) is 16.5 Å². The van der Waals surface area contributed by atoms with Gasteiger partial charge in [0.2, 0.25) is 0 Å². The second-order valence-corrected chi connectivity index (χ2v) is 8.90. The largest absolute Gasteiger partial charge is 0.377 e. The standard InChI is InChI=1S/C18H27N3O2S/c1-18(2)14(13-4-3-10-23-15(13)18)20-17(22)21-8-5-12(6-9-21)16-19-7-11-24-16/h7,11-15H,3-6,8-10H2,1-2H3,(H,20,22). The van der Waals surface area contributed by atoms with E-state index in [2.05, 4.69) is 24.1 Å². The van der Waals surface area contributed by atoms with Gasteiger partial charge in [-0.2, -0.15) is 0 Å². The summed E-state index contributed by atoms with van der Waals surface area (Å²) >= 11 is 1.73. The summed E-state index contributed by atoms with van der Waals surface area (Å²) in [4.78, 5) is 19.1. The zero-order valence-corrected chi connectivity index (χ0v) is 15.3. The molecule has 4 rings (SSSR count). The maximum Gasteiger partial charge on any atom is 0.317 e. The van der Waals surface area contributed by atoms with Gasteiger partial charge in [0.15, 0.2) is 0 Å². The van der Waals surface area contributed by atoms with Gasteiger partial charge in [-0.25, -0.2) is 9.78 Å². The van der Waals surface area contributed by atoms with Crippen LogP contribution in [0.1, 0.15) is 50.5 Å². The van der Waals surface area contributed by atoms with Crippen molar-refractivity contribution in [3.63, 3.8) is 0 Å². The van der Waals surface area contributed by atoms with Crippen LogP contribution in [0, 0.1) is 11.3 Å². The number of amides is 2. The van der Waals surface area contributed by atoms with Crippen LogP contribution in [0.3, 0.4) is 0 Å². The van der Waals surface area contributed by atoms with Gasteiger partial charge in [-0.1, -0.05) is 13.8 Å². The zero-order valence-electron chi connectivity index (χ0n) is 14.5. The Morgan fingerprint density at radius 3 is 2.88 bits per heavy atom. The summed E-state index contributed by atoms with van der Waals surface area (Å²) in [7, 11) is 0. The molecular formula is C18H27N3O2S. The fraction of sp³-hybridized carbons (Fsp3) is 0.778. The molecule has 1 aromatic heterocycles. The molecule has 3 fully saturated rings. The second kappa shape index (κ2) is 6.30. The normalized spacial score (nSPS) is 32.8. The van der Waals surface area contributed by atoms with Crippen LogP contribution in [-0.2, 0) is 4.74 Å². The van der Waals surface area contributed by atoms with Crippen molar-refractivity contribution in [1.82, 2.24) is 15.2 Å². The first-order valence-electron chi connectivity index (χ1n) is 9.14. The summed E-state index contributed by atoms with van der Waals surface area (Å²) < 4.78 is 5.93. The summed E-state index contributed by atoms with van der Waals surface area (Å²) in [5.74, 6) is 1.01. The Morgan fingerprint density at radius 1 is 1.38 bits per heavy atom. The predicted octanol–water partition coefficient (Wildman–Crippen LogP) is 3.24. The molecule has 3 atom stereocenters. The second-order valence-electron chi connectivity index (χ2n) is 7.98. The molecule has 6 heteroatoms. The SMILES string of the molecule is CC1(C)C(NC(=O)N2CCC(c3nccs3)CC2)C2CCCOC21. The Bertz CT molecular complexity index is 581. The molecule has 0 radical (unpaired) electrons. The molecule has 2 aliphatic heterocycles. The average Bonchev–Trinajstić information content (AvgIpc) is 3.14. The molecule has 3 heterocycles. The Morgan fingerprint density at radius 2 is 2.17 bits per heavy atom. The number of hydrogen-bond donors (Lipinski definition) is 1. The number of urea groups is 1. The first-order valence-corrected chi connectivity index (χ1v) is 10.0. The molecule has 2 amide bonds. The lowest BCUT2D eigenvalue weighted by molar-refractivity contribution is -0.189. The Balaban J connectivity index is 1.32. The minimum atomic E-state index is 0.0416. The molecule has 0 aromatic carbocycles. The highest BCUT2D eigenvalue weighted by atomic mass is 32.1. The van der Waals surface area contributed by atoms with Crippen LogP contribution in [0.5, 0.6) is 0 Å². The maximum atomic E-state index is 12.7. The molecule has 2 saturated heterocycles. The van der Waals surface area contributed by atoms with Crippen molar-refractivity contribution >= 4 is 17.4 Å². The fourth-order valence-electron chi connectivity index (χ4n) is 4.81. The number of likely N-dealkylation sites (tertiary alicyclic amines) is 1. The molecule has 0 bridgehead atoms. The summed E-state index contributed by atoms with van der Waals surface area (Å²) in [6.07, 6.45) is 6.51. The van der Waals surface area contributed by atoms with E-state index in [-0.39, 0.29) is 17.5 Å². The highest BCUT2D eigenvalue weighted by Gasteiger charge is 2.58. The number of thiazole rings is 1. The smallest absolute Gasteiger partial charge is 0.317 e. The van der Waals surface area contributed by atoms with Crippen LogP contribution in [0.4, 0.5) is 4.79 Å². The topological polar surface area (TPSA) is 54.5 Å². The first-order chi connectivity index (χ1) is 11.6. The number of nitrogens with one attached hydrogen (secondary N) is 1. The summed E-state index contributed by atoms with van der Waals surface area (Å²) in [6.45, 7) is 6.97. The van der Waals surface area contributed by atoms with Gasteiger partial charge >= 0.3 is 6.03 Å². The van der Waals surface area contributed by atoms with E-state index in [1.165, 1.54) is 11.4 Å². The quantitative estimate of drug-likeness (QED) is 0.892. The molecular weight excluding hydrogens is 322 g/mol. The third kappa shape index (κ3) is 2.73. The zero-order chi connectivity index (χ0) is 16.7. The van der Waals surface area contributed by atoms with Crippen LogP contribution in [-0.4, -0.2) is 47.8 Å². The van der Waals surface area contributed by atoms with Gasteiger partial charge in [0.25, 0.3) is 0 Å². The number of aromatic nitrogens is 1. The molecule has 1 saturated carbocycles. The van der Waals surface area contributed by atoms with Crippen molar-refractivity contribution in [1.29, 1.82) is 0 Å². The molecule has 132 valence electrons. The van der Waals surface area contributed by atoms with Crippen molar-refractivity contribution in [2.24, 2.45) is 11.3 Å². The summed E-state index contributed by atoms with van der Waals surface area (Å²) in [5, 5.41) is 6.58. The molecule has 3 aliphatic rings. The van der Waals surface area contributed by atoms with Gasteiger partial charge in [-0.05, 0) is 25.7 Å². The minimum Gasteiger partial charge on any atom is -0.377 e. The van der Waals surface area contributed by atoms with Gasteiger partial charge in [-0.15, -0.1) is 11.3 Å². The van der Waals surface area contributed by atoms with Crippen LogP contribution in [0.2, 0.25) is 0 Å². The maximum absolute atomic E-state index is 12.7. The molecule has 1 N–H and O–H groups in total. The highest BCUT2D eigenvalue weighted by molar-refractivity contribution is 7.09. The predicted molar refractivity (Wildman–Crippen MR) is 94.2 cm³/mol. The number of fused-ring (bicyclic) bond motifs is 1. The van der Waals surface area contributed by atoms with Gasteiger partial charge in [0.1, 0.15) is 0 Å². The van der Waals surface area contributed by atoms with Crippen molar-refractivity contribution in [3.8, 4) is 0 Å². The molecule has 24 heavy (non-hydrogen) atoms. The van der Waals surface area contributed by atoms with Crippen LogP contribution < -0.4 is 5.32 Å². The fourth-order valence-corrected chi connectivity index (χ4v) is 5.62. The molecule has 1 aliphatic carbocycles. The van der Waals surface area contributed by atoms with E-state index in [0.717, 1.165) is 39.0 Å². The first kappa shape index (κ1) is 16.3. The van der Waals surface area contributed by atoms with E-state index in [4.69, 9.17) is 4.74 Å². The summed E-state index contributed by atoms with van der Waals surface area (Å²) in [6, 6.07) is 0.349. The Hall–Kier alpha value is -1.14. The van der Waals surface area contributed by atoms with E-state index in [1.54, 1.807) is 11.3 Å². The van der Waals surface area contributed by atoms with Gasteiger partial charge in [0.05, 0.1) is 11.1 Å². The third-order valence-corrected chi connectivity index (χ3v) is 7.13. The lowest BCUT2D eigenvalue weighted by Crippen LogP contribution is -2.71. The van der Waals surface area contributed by atoms with E-state index in [9.17, 15) is 4.79 Å². The van der Waals surface area contributed by atoms with E-state index >= 15 is 0 Å². The van der Waals surface area contributed by atoms with Crippen LogP contribution in [0.25, 0.3) is 0 Å². The number of piperidine rings is 1. The number of carbonyl (C=O) groups is 1. The van der Waals surface area contributed by atoms with E-state index in [0.29, 0.717) is 17.9 Å². The van der Waals surface area contributed by atoms with Crippen LogP contribution in [0.15, 0.2) is 11.6 Å².